The highest BCUT2D eigenvalue weighted by Gasteiger charge is 2.36. The van der Waals surface area contributed by atoms with Crippen molar-refractivity contribution >= 4 is 17.9 Å². The minimum Gasteiger partial charge on any atom is -0.481 e. The third-order valence-electron chi connectivity index (χ3n) is 3.55. The molecule has 0 aromatic rings. The van der Waals surface area contributed by atoms with Gasteiger partial charge in [0.15, 0.2) is 0 Å². The zero-order chi connectivity index (χ0) is 15.3. The van der Waals surface area contributed by atoms with Crippen LogP contribution in [-0.4, -0.2) is 65.5 Å². The number of urea groups is 1. The van der Waals surface area contributed by atoms with Crippen LogP contribution in [-0.2, 0) is 9.59 Å². The smallest absolute Gasteiger partial charge is 0.320 e. The van der Waals surface area contributed by atoms with Crippen molar-refractivity contribution in [3.05, 3.63) is 0 Å². The number of carbonyl (C=O) groups is 3. The van der Waals surface area contributed by atoms with E-state index >= 15 is 0 Å². The Morgan fingerprint density at radius 1 is 1.55 bits per heavy atom. The van der Waals surface area contributed by atoms with Crippen molar-refractivity contribution in [2.75, 3.05) is 26.7 Å². The fourth-order valence-corrected chi connectivity index (χ4v) is 2.21. The molecule has 1 heterocycles. The van der Waals surface area contributed by atoms with Crippen LogP contribution in [0.15, 0.2) is 0 Å². The van der Waals surface area contributed by atoms with Crippen LogP contribution in [0.2, 0.25) is 0 Å². The van der Waals surface area contributed by atoms with Crippen LogP contribution >= 0.6 is 0 Å². The first kappa shape index (κ1) is 16.3. The van der Waals surface area contributed by atoms with Crippen LogP contribution in [0.1, 0.15) is 26.7 Å². The van der Waals surface area contributed by atoms with Gasteiger partial charge in [-0.15, -0.1) is 0 Å². The highest BCUT2D eigenvalue weighted by molar-refractivity contribution is 5.91. The molecule has 7 heteroatoms. The van der Waals surface area contributed by atoms with Crippen LogP contribution in [0.3, 0.4) is 0 Å². The molecule has 20 heavy (non-hydrogen) atoms. The van der Waals surface area contributed by atoms with E-state index in [1.165, 1.54) is 4.90 Å². The Kier molecular flexibility index (Phi) is 5.79. The SMILES string of the molecule is CCC(C)CN(C)C(=O)N1CCNC(=O)C1CC(=O)O. The number of carboxylic acids is 1. The molecular formula is C13H23N3O4. The molecule has 1 aliphatic heterocycles. The first-order chi connectivity index (χ1) is 9.36. The maximum absolute atomic E-state index is 12.4. The van der Waals surface area contributed by atoms with Gasteiger partial charge in [0.1, 0.15) is 6.04 Å². The number of amides is 3. The number of carbonyl (C=O) groups excluding carboxylic acids is 2. The molecule has 0 aliphatic carbocycles. The van der Waals surface area contributed by atoms with Gasteiger partial charge < -0.3 is 20.2 Å². The van der Waals surface area contributed by atoms with E-state index in [4.69, 9.17) is 5.11 Å². The van der Waals surface area contributed by atoms with E-state index in [2.05, 4.69) is 5.32 Å². The number of rotatable bonds is 5. The van der Waals surface area contributed by atoms with Gasteiger partial charge in [-0.3, -0.25) is 9.59 Å². The molecule has 0 aromatic heterocycles. The molecular weight excluding hydrogens is 262 g/mol. The standard InChI is InChI=1S/C13H23N3O4/c1-4-9(2)8-15(3)13(20)16-6-5-14-12(19)10(16)7-11(17)18/h9-10H,4-8H2,1-3H3,(H,14,19)(H,17,18). The Hall–Kier alpha value is -1.79. The van der Waals surface area contributed by atoms with E-state index in [-0.39, 0.29) is 12.5 Å². The van der Waals surface area contributed by atoms with Crippen LogP contribution < -0.4 is 5.32 Å². The number of hydrogen-bond donors (Lipinski definition) is 2. The van der Waals surface area contributed by atoms with Gasteiger partial charge in [0.25, 0.3) is 0 Å². The van der Waals surface area contributed by atoms with Crippen molar-refractivity contribution < 1.29 is 19.5 Å². The fourth-order valence-electron chi connectivity index (χ4n) is 2.21. The number of nitrogens with zero attached hydrogens (tertiary/aromatic N) is 2. The quantitative estimate of drug-likeness (QED) is 0.763. The van der Waals surface area contributed by atoms with E-state index < -0.39 is 17.9 Å². The third-order valence-corrected chi connectivity index (χ3v) is 3.55. The van der Waals surface area contributed by atoms with Gasteiger partial charge in [0.05, 0.1) is 6.42 Å². The molecule has 0 aromatic carbocycles. The predicted molar refractivity (Wildman–Crippen MR) is 73.2 cm³/mol. The number of carboxylic acid groups (broad SMARTS) is 1. The maximum Gasteiger partial charge on any atom is 0.320 e. The summed E-state index contributed by atoms with van der Waals surface area (Å²) in [7, 11) is 1.68. The summed E-state index contributed by atoms with van der Waals surface area (Å²) in [5, 5.41) is 11.5. The van der Waals surface area contributed by atoms with Crippen molar-refractivity contribution in [3.8, 4) is 0 Å². The van der Waals surface area contributed by atoms with Gasteiger partial charge >= 0.3 is 12.0 Å². The average molecular weight is 285 g/mol. The van der Waals surface area contributed by atoms with E-state index in [9.17, 15) is 14.4 Å². The highest BCUT2D eigenvalue weighted by atomic mass is 16.4. The lowest BCUT2D eigenvalue weighted by molar-refractivity contribution is -0.142. The normalized spacial score (nSPS) is 20.2. The molecule has 1 fully saturated rings. The molecule has 7 nitrogen and oxygen atoms in total. The summed E-state index contributed by atoms with van der Waals surface area (Å²) in [6.45, 7) is 5.38. The molecule has 2 N–H and O–H groups in total. The van der Waals surface area contributed by atoms with Crippen LogP contribution in [0.4, 0.5) is 4.79 Å². The Morgan fingerprint density at radius 2 is 2.20 bits per heavy atom. The summed E-state index contributed by atoms with van der Waals surface area (Å²) < 4.78 is 0. The second-order valence-corrected chi connectivity index (χ2v) is 5.27. The lowest BCUT2D eigenvalue weighted by atomic mass is 10.1. The van der Waals surface area contributed by atoms with Crippen LogP contribution in [0, 0.1) is 5.92 Å². The molecule has 2 unspecified atom stereocenters. The zero-order valence-electron chi connectivity index (χ0n) is 12.3. The lowest BCUT2D eigenvalue weighted by Gasteiger charge is -2.37. The predicted octanol–water partition coefficient (Wildman–Crippen LogP) is 0.359. The van der Waals surface area contributed by atoms with Crippen molar-refractivity contribution in [3.63, 3.8) is 0 Å². The molecule has 3 amide bonds. The largest absolute Gasteiger partial charge is 0.481 e. The van der Waals surface area contributed by atoms with Gasteiger partial charge in [-0.2, -0.15) is 0 Å². The summed E-state index contributed by atoms with van der Waals surface area (Å²) in [6, 6.07) is -1.21. The molecule has 0 bridgehead atoms. The molecule has 0 saturated carbocycles. The monoisotopic (exact) mass is 285 g/mol. The van der Waals surface area contributed by atoms with E-state index in [0.29, 0.717) is 25.6 Å². The Bertz CT molecular complexity index is 386. The van der Waals surface area contributed by atoms with E-state index in [1.54, 1.807) is 11.9 Å². The molecule has 2 atom stereocenters. The highest BCUT2D eigenvalue weighted by Crippen LogP contribution is 2.13. The summed E-state index contributed by atoms with van der Waals surface area (Å²) in [5.74, 6) is -1.13. The number of aliphatic carboxylic acids is 1. The summed E-state index contributed by atoms with van der Waals surface area (Å²) in [6.07, 6.45) is 0.589. The molecule has 114 valence electrons. The molecule has 1 rings (SSSR count). The average Bonchev–Trinajstić information content (AvgIpc) is 2.39. The molecule has 0 radical (unpaired) electrons. The Balaban J connectivity index is 2.76. The second-order valence-electron chi connectivity index (χ2n) is 5.27. The summed E-state index contributed by atoms with van der Waals surface area (Å²) in [4.78, 5) is 37.9. The van der Waals surface area contributed by atoms with Crippen molar-refractivity contribution in [1.82, 2.24) is 15.1 Å². The van der Waals surface area contributed by atoms with E-state index in [0.717, 1.165) is 6.42 Å². The maximum atomic E-state index is 12.4. The third kappa shape index (κ3) is 4.11. The molecule has 1 saturated heterocycles. The minimum absolute atomic E-state index is 0.286. The fraction of sp³-hybridized carbons (Fsp3) is 0.769. The van der Waals surface area contributed by atoms with Crippen molar-refractivity contribution in [2.24, 2.45) is 5.92 Å². The topological polar surface area (TPSA) is 90.0 Å². The Labute approximate surface area is 118 Å². The lowest BCUT2D eigenvalue weighted by Crippen LogP contribution is -2.60. The second kappa shape index (κ2) is 7.12. The van der Waals surface area contributed by atoms with Gasteiger partial charge in [-0.25, -0.2) is 4.79 Å². The minimum atomic E-state index is -1.09. The van der Waals surface area contributed by atoms with Gasteiger partial charge in [0.2, 0.25) is 5.91 Å². The number of hydrogen-bond acceptors (Lipinski definition) is 3. The summed E-state index contributed by atoms with van der Waals surface area (Å²) >= 11 is 0. The number of piperazine rings is 1. The molecule has 0 spiro atoms. The summed E-state index contributed by atoms with van der Waals surface area (Å²) in [5.41, 5.74) is 0. The van der Waals surface area contributed by atoms with Gasteiger partial charge in [-0.1, -0.05) is 20.3 Å². The number of nitrogens with one attached hydrogen (secondary N) is 1. The van der Waals surface area contributed by atoms with Crippen molar-refractivity contribution in [1.29, 1.82) is 0 Å². The van der Waals surface area contributed by atoms with Crippen LogP contribution in [0.5, 0.6) is 0 Å². The van der Waals surface area contributed by atoms with Gasteiger partial charge in [0, 0.05) is 26.7 Å². The molecule has 1 aliphatic rings. The van der Waals surface area contributed by atoms with Gasteiger partial charge in [-0.05, 0) is 5.92 Å². The van der Waals surface area contributed by atoms with E-state index in [1.807, 2.05) is 13.8 Å². The zero-order valence-corrected chi connectivity index (χ0v) is 12.3. The first-order valence-electron chi connectivity index (χ1n) is 6.88. The van der Waals surface area contributed by atoms with Crippen molar-refractivity contribution in [2.45, 2.75) is 32.7 Å². The first-order valence-corrected chi connectivity index (χ1v) is 6.88. The Morgan fingerprint density at radius 3 is 2.75 bits per heavy atom. The van der Waals surface area contributed by atoms with Crippen LogP contribution in [0.25, 0.3) is 0 Å².